The number of halogens is 1. The molecule has 0 saturated carbocycles. The highest BCUT2D eigenvalue weighted by atomic mass is 35.5. The minimum Gasteiger partial charge on any atom is -0.292 e. The molecule has 0 radical (unpaired) electrons. The van der Waals surface area contributed by atoms with Crippen LogP contribution in [0.15, 0.2) is 59.5 Å². The molecule has 1 spiro atoms. The van der Waals surface area contributed by atoms with E-state index in [9.17, 15) is 8.42 Å². The summed E-state index contributed by atoms with van der Waals surface area (Å²) in [5, 5.41) is 0.746. The first-order valence-corrected chi connectivity index (χ1v) is 10.9. The molecule has 2 aromatic carbocycles. The maximum atomic E-state index is 13.0. The lowest BCUT2D eigenvalue weighted by molar-refractivity contribution is 0.142. The highest BCUT2D eigenvalue weighted by molar-refractivity contribution is 7.89. The number of rotatable bonds is 4. The van der Waals surface area contributed by atoms with Gasteiger partial charge in [0.25, 0.3) is 0 Å². The first-order chi connectivity index (χ1) is 12.5. The standard InChI is InChI=1S/C20H23ClN2O2S/c21-18-7-4-6-17(14-18)15-22-12-5-10-20(22)11-13-23(16-20)26(24,25)19-8-2-1-3-9-19/h1-4,6-9,14H,5,10-13,15-16H2. The third-order valence-electron chi connectivity index (χ3n) is 5.68. The van der Waals surface area contributed by atoms with Crippen LogP contribution in [0.25, 0.3) is 0 Å². The van der Waals surface area contributed by atoms with Crippen molar-refractivity contribution in [1.29, 1.82) is 0 Å². The van der Waals surface area contributed by atoms with Crippen molar-refractivity contribution in [3.05, 3.63) is 65.2 Å². The van der Waals surface area contributed by atoms with Crippen LogP contribution in [0, 0.1) is 0 Å². The summed E-state index contributed by atoms with van der Waals surface area (Å²) >= 11 is 6.13. The van der Waals surface area contributed by atoms with Crippen LogP contribution in [0.1, 0.15) is 24.8 Å². The van der Waals surface area contributed by atoms with E-state index in [4.69, 9.17) is 11.6 Å². The molecular weight excluding hydrogens is 368 g/mol. The van der Waals surface area contributed by atoms with E-state index >= 15 is 0 Å². The molecule has 0 aromatic heterocycles. The van der Waals surface area contributed by atoms with Crippen LogP contribution in [-0.2, 0) is 16.6 Å². The molecule has 2 aromatic rings. The Kier molecular flexibility index (Phi) is 4.82. The van der Waals surface area contributed by atoms with E-state index in [2.05, 4.69) is 11.0 Å². The normalized spacial score (nSPS) is 24.5. The molecule has 138 valence electrons. The van der Waals surface area contributed by atoms with Crippen LogP contribution in [0.5, 0.6) is 0 Å². The maximum Gasteiger partial charge on any atom is 0.243 e. The molecule has 0 amide bonds. The fourth-order valence-corrected chi connectivity index (χ4v) is 6.08. The Balaban J connectivity index is 1.54. The smallest absolute Gasteiger partial charge is 0.243 e. The Hall–Kier alpha value is -1.40. The summed E-state index contributed by atoms with van der Waals surface area (Å²) in [6.45, 7) is 2.99. The SMILES string of the molecule is O=S(=O)(c1ccccc1)N1CCC2(CCCN2Cc2cccc(Cl)c2)C1. The summed E-state index contributed by atoms with van der Waals surface area (Å²) in [7, 11) is -3.42. The molecule has 2 saturated heterocycles. The molecule has 2 aliphatic heterocycles. The van der Waals surface area contributed by atoms with Crippen LogP contribution in [-0.4, -0.2) is 42.8 Å². The number of benzene rings is 2. The number of likely N-dealkylation sites (tertiary alicyclic amines) is 1. The molecule has 4 nitrogen and oxygen atoms in total. The van der Waals surface area contributed by atoms with Crippen molar-refractivity contribution in [2.75, 3.05) is 19.6 Å². The monoisotopic (exact) mass is 390 g/mol. The van der Waals surface area contributed by atoms with Gasteiger partial charge in [-0.15, -0.1) is 0 Å². The fourth-order valence-electron chi connectivity index (χ4n) is 4.32. The molecule has 2 heterocycles. The van der Waals surface area contributed by atoms with E-state index in [1.807, 2.05) is 24.3 Å². The Bertz CT molecular complexity index is 888. The molecule has 0 aliphatic carbocycles. The minimum absolute atomic E-state index is 0.0514. The van der Waals surface area contributed by atoms with E-state index in [0.29, 0.717) is 18.0 Å². The molecule has 4 rings (SSSR count). The number of nitrogens with zero attached hydrogens (tertiary/aromatic N) is 2. The quantitative estimate of drug-likeness (QED) is 0.797. The summed E-state index contributed by atoms with van der Waals surface area (Å²) in [6, 6.07) is 16.7. The van der Waals surface area contributed by atoms with E-state index < -0.39 is 10.0 Å². The van der Waals surface area contributed by atoms with Gasteiger partial charge >= 0.3 is 0 Å². The zero-order chi connectivity index (χ0) is 18.2. The Morgan fingerprint density at radius 1 is 1.00 bits per heavy atom. The lowest BCUT2D eigenvalue weighted by Crippen LogP contribution is -2.46. The van der Waals surface area contributed by atoms with Crippen LogP contribution < -0.4 is 0 Å². The second kappa shape index (κ2) is 6.97. The predicted molar refractivity (Wildman–Crippen MR) is 104 cm³/mol. The zero-order valence-corrected chi connectivity index (χ0v) is 16.2. The summed E-state index contributed by atoms with van der Waals surface area (Å²) in [6.07, 6.45) is 3.05. The van der Waals surface area contributed by atoms with Gasteiger partial charge in [-0.2, -0.15) is 4.31 Å². The van der Waals surface area contributed by atoms with Gasteiger partial charge in [0.05, 0.1) is 4.90 Å². The molecule has 2 fully saturated rings. The first-order valence-electron chi connectivity index (χ1n) is 9.04. The Morgan fingerprint density at radius 3 is 2.58 bits per heavy atom. The summed E-state index contributed by atoms with van der Waals surface area (Å²) < 4.78 is 27.6. The highest BCUT2D eigenvalue weighted by Crippen LogP contribution is 2.40. The van der Waals surface area contributed by atoms with E-state index in [0.717, 1.165) is 37.4 Å². The van der Waals surface area contributed by atoms with Gasteiger partial charge in [0.2, 0.25) is 10.0 Å². The van der Waals surface area contributed by atoms with Crippen molar-refractivity contribution in [2.24, 2.45) is 0 Å². The van der Waals surface area contributed by atoms with Gasteiger partial charge in [-0.25, -0.2) is 8.42 Å². The molecule has 0 N–H and O–H groups in total. The van der Waals surface area contributed by atoms with Gasteiger partial charge in [-0.05, 0) is 55.6 Å². The predicted octanol–water partition coefficient (Wildman–Crippen LogP) is 3.77. The molecule has 26 heavy (non-hydrogen) atoms. The average Bonchev–Trinajstić information content (AvgIpc) is 3.24. The summed E-state index contributed by atoms with van der Waals surface area (Å²) in [4.78, 5) is 2.84. The van der Waals surface area contributed by atoms with E-state index in [1.54, 1.807) is 28.6 Å². The first kappa shape index (κ1) is 18.0. The van der Waals surface area contributed by atoms with Gasteiger partial charge in [-0.1, -0.05) is 41.9 Å². The zero-order valence-electron chi connectivity index (χ0n) is 14.6. The third-order valence-corrected chi connectivity index (χ3v) is 7.78. The van der Waals surface area contributed by atoms with E-state index in [-0.39, 0.29) is 5.54 Å². The van der Waals surface area contributed by atoms with Crippen LogP contribution in [0.4, 0.5) is 0 Å². The molecular formula is C20H23ClN2O2S. The number of hydrogen-bond acceptors (Lipinski definition) is 3. The largest absolute Gasteiger partial charge is 0.292 e. The summed E-state index contributed by atoms with van der Waals surface area (Å²) in [5.74, 6) is 0. The van der Waals surface area contributed by atoms with Crippen LogP contribution in [0.3, 0.4) is 0 Å². The van der Waals surface area contributed by atoms with Crippen molar-refractivity contribution in [1.82, 2.24) is 9.21 Å². The lowest BCUT2D eigenvalue weighted by atomic mass is 9.95. The second-order valence-electron chi connectivity index (χ2n) is 7.28. The average molecular weight is 391 g/mol. The summed E-state index contributed by atoms with van der Waals surface area (Å²) in [5.41, 5.74) is 1.13. The van der Waals surface area contributed by atoms with Crippen LogP contribution >= 0.6 is 11.6 Å². The second-order valence-corrected chi connectivity index (χ2v) is 9.66. The fraction of sp³-hybridized carbons (Fsp3) is 0.400. The maximum absolute atomic E-state index is 13.0. The number of sulfonamides is 1. The van der Waals surface area contributed by atoms with Crippen molar-refractivity contribution in [3.63, 3.8) is 0 Å². The topological polar surface area (TPSA) is 40.6 Å². The van der Waals surface area contributed by atoms with Gasteiger partial charge in [0.15, 0.2) is 0 Å². The Labute approximate surface area is 160 Å². The van der Waals surface area contributed by atoms with Gasteiger partial charge in [-0.3, -0.25) is 4.90 Å². The highest BCUT2D eigenvalue weighted by Gasteiger charge is 2.48. The minimum atomic E-state index is -3.42. The molecule has 2 aliphatic rings. The van der Waals surface area contributed by atoms with Crippen molar-refractivity contribution in [3.8, 4) is 0 Å². The number of hydrogen-bond donors (Lipinski definition) is 0. The molecule has 1 unspecified atom stereocenters. The van der Waals surface area contributed by atoms with Gasteiger partial charge in [0, 0.05) is 30.2 Å². The van der Waals surface area contributed by atoms with Crippen molar-refractivity contribution in [2.45, 2.75) is 36.2 Å². The lowest BCUT2D eigenvalue weighted by Gasteiger charge is -2.35. The van der Waals surface area contributed by atoms with Gasteiger partial charge in [0.1, 0.15) is 0 Å². The Morgan fingerprint density at radius 2 is 1.81 bits per heavy atom. The van der Waals surface area contributed by atoms with Gasteiger partial charge < -0.3 is 0 Å². The van der Waals surface area contributed by atoms with Crippen molar-refractivity contribution >= 4 is 21.6 Å². The van der Waals surface area contributed by atoms with E-state index in [1.165, 1.54) is 5.56 Å². The molecule has 1 atom stereocenters. The van der Waals surface area contributed by atoms with Crippen molar-refractivity contribution < 1.29 is 8.42 Å². The third kappa shape index (κ3) is 3.29. The molecule has 6 heteroatoms. The molecule has 0 bridgehead atoms. The van der Waals surface area contributed by atoms with Crippen LogP contribution in [0.2, 0.25) is 5.02 Å².